The maximum absolute atomic E-state index is 4.51. The molecule has 0 saturated heterocycles. The summed E-state index contributed by atoms with van der Waals surface area (Å²) in [4.78, 5) is 4.51. The standard InChI is InChI=1S/C16H13N3/c1-2-6-14(7-3-1)8-4-5-9-15-11-13-19-16(18-15)10-12-17-19/h1-3,6-7,10-13H,5,9H2. The monoisotopic (exact) mass is 247 g/mol. The number of aromatic nitrogens is 3. The molecule has 2 aromatic heterocycles. The highest BCUT2D eigenvalue weighted by molar-refractivity contribution is 5.37. The maximum atomic E-state index is 4.51. The third-order valence-electron chi connectivity index (χ3n) is 2.83. The van der Waals surface area contributed by atoms with Gasteiger partial charge in [-0.3, -0.25) is 0 Å². The van der Waals surface area contributed by atoms with Crippen LogP contribution >= 0.6 is 0 Å². The fourth-order valence-electron chi connectivity index (χ4n) is 1.87. The molecule has 3 rings (SSSR count). The number of fused-ring (bicyclic) bond motifs is 1. The van der Waals surface area contributed by atoms with Gasteiger partial charge in [0.25, 0.3) is 0 Å². The van der Waals surface area contributed by atoms with Gasteiger partial charge >= 0.3 is 0 Å². The number of hydrogen-bond acceptors (Lipinski definition) is 2. The number of rotatable bonds is 2. The average molecular weight is 247 g/mol. The zero-order valence-electron chi connectivity index (χ0n) is 10.5. The number of hydrogen-bond donors (Lipinski definition) is 0. The summed E-state index contributed by atoms with van der Waals surface area (Å²) in [7, 11) is 0. The SMILES string of the molecule is C(#Cc1ccccc1)CCc1ccn2nccc2n1. The van der Waals surface area contributed by atoms with Gasteiger partial charge in [-0.1, -0.05) is 30.0 Å². The lowest BCUT2D eigenvalue weighted by atomic mass is 10.2. The fourth-order valence-corrected chi connectivity index (χ4v) is 1.87. The van der Waals surface area contributed by atoms with Gasteiger partial charge in [-0.2, -0.15) is 5.10 Å². The molecular weight excluding hydrogens is 234 g/mol. The van der Waals surface area contributed by atoms with E-state index in [1.807, 2.05) is 48.7 Å². The Morgan fingerprint density at radius 1 is 1.05 bits per heavy atom. The molecule has 3 nitrogen and oxygen atoms in total. The number of aryl methyl sites for hydroxylation is 1. The lowest BCUT2D eigenvalue weighted by molar-refractivity contribution is 0.895. The van der Waals surface area contributed by atoms with Crippen molar-refractivity contribution in [1.29, 1.82) is 0 Å². The van der Waals surface area contributed by atoms with Crippen LogP contribution in [0, 0.1) is 11.8 Å². The van der Waals surface area contributed by atoms with Crippen LogP contribution in [0.2, 0.25) is 0 Å². The van der Waals surface area contributed by atoms with Gasteiger partial charge in [0.2, 0.25) is 0 Å². The molecule has 92 valence electrons. The van der Waals surface area contributed by atoms with Crippen LogP contribution in [0.5, 0.6) is 0 Å². The first-order chi connectivity index (χ1) is 9.42. The molecule has 0 fully saturated rings. The Hall–Kier alpha value is -2.60. The summed E-state index contributed by atoms with van der Waals surface area (Å²) in [5, 5.41) is 4.12. The van der Waals surface area contributed by atoms with E-state index in [-0.39, 0.29) is 0 Å². The molecule has 0 N–H and O–H groups in total. The maximum Gasteiger partial charge on any atom is 0.155 e. The topological polar surface area (TPSA) is 30.2 Å². The zero-order chi connectivity index (χ0) is 12.9. The summed E-state index contributed by atoms with van der Waals surface area (Å²) >= 11 is 0. The molecule has 0 spiro atoms. The quantitative estimate of drug-likeness (QED) is 0.652. The van der Waals surface area contributed by atoms with Crippen molar-refractivity contribution >= 4 is 5.65 Å². The minimum absolute atomic E-state index is 0.812. The van der Waals surface area contributed by atoms with E-state index in [2.05, 4.69) is 21.9 Å². The van der Waals surface area contributed by atoms with Crippen molar-refractivity contribution in [2.75, 3.05) is 0 Å². The molecule has 0 atom stereocenters. The van der Waals surface area contributed by atoms with Crippen molar-refractivity contribution in [3.63, 3.8) is 0 Å². The van der Waals surface area contributed by atoms with Crippen LogP contribution in [-0.4, -0.2) is 14.6 Å². The Balaban J connectivity index is 1.65. The summed E-state index contributed by atoms with van der Waals surface area (Å²) in [5.41, 5.74) is 2.99. The van der Waals surface area contributed by atoms with E-state index in [0.717, 1.165) is 29.7 Å². The van der Waals surface area contributed by atoms with E-state index in [1.165, 1.54) is 0 Å². The molecule has 19 heavy (non-hydrogen) atoms. The Morgan fingerprint density at radius 3 is 2.84 bits per heavy atom. The molecule has 0 bridgehead atoms. The van der Waals surface area contributed by atoms with E-state index in [1.54, 1.807) is 10.7 Å². The van der Waals surface area contributed by atoms with Crippen LogP contribution in [0.1, 0.15) is 17.7 Å². The molecule has 3 aromatic rings. The van der Waals surface area contributed by atoms with Gasteiger partial charge in [-0.25, -0.2) is 9.50 Å². The zero-order valence-corrected chi connectivity index (χ0v) is 10.5. The first-order valence-corrected chi connectivity index (χ1v) is 6.25. The predicted molar refractivity (Wildman–Crippen MR) is 74.6 cm³/mol. The van der Waals surface area contributed by atoms with E-state index >= 15 is 0 Å². The highest BCUT2D eigenvalue weighted by Crippen LogP contribution is 2.03. The molecule has 0 aliphatic carbocycles. The van der Waals surface area contributed by atoms with Crippen LogP contribution in [-0.2, 0) is 6.42 Å². The van der Waals surface area contributed by atoms with E-state index < -0.39 is 0 Å². The molecular formula is C16H13N3. The average Bonchev–Trinajstić information content (AvgIpc) is 2.92. The Kier molecular flexibility index (Phi) is 3.24. The van der Waals surface area contributed by atoms with Gasteiger partial charge < -0.3 is 0 Å². The van der Waals surface area contributed by atoms with Crippen molar-refractivity contribution in [2.24, 2.45) is 0 Å². The second kappa shape index (κ2) is 5.36. The van der Waals surface area contributed by atoms with E-state index in [4.69, 9.17) is 0 Å². The molecule has 0 aliphatic heterocycles. The van der Waals surface area contributed by atoms with Crippen molar-refractivity contribution < 1.29 is 0 Å². The first kappa shape index (κ1) is 11.5. The van der Waals surface area contributed by atoms with Gasteiger partial charge in [0.15, 0.2) is 5.65 Å². The van der Waals surface area contributed by atoms with Crippen molar-refractivity contribution in [2.45, 2.75) is 12.8 Å². The summed E-state index contributed by atoms with van der Waals surface area (Å²) in [6, 6.07) is 13.9. The van der Waals surface area contributed by atoms with Crippen LogP contribution in [0.15, 0.2) is 54.9 Å². The lowest BCUT2D eigenvalue weighted by Gasteiger charge is -1.97. The van der Waals surface area contributed by atoms with Gasteiger partial charge in [0, 0.05) is 36.4 Å². The van der Waals surface area contributed by atoms with Crippen LogP contribution in [0.4, 0.5) is 0 Å². The van der Waals surface area contributed by atoms with Crippen molar-refractivity contribution in [3.05, 3.63) is 66.1 Å². The number of benzene rings is 1. The minimum Gasteiger partial charge on any atom is -0.234 e. The van der Waals surface area contributed by atoms with Crippen LogP contribution < -0.4 is 0 Å². The fraction of sp³-hybridized carbons (Fsp3) is 0.125. The lowest BCUT2D eigenvalue weighted by Crippen LogP contribution is -1.94. The second-order valence-electron chi connectivity index (χ2n) is 4.22. The normalized spacial score (nSPS) is 10.1. The summed E-state index contributed by atoms with van der Waals surface area (Å²) in [6.45, 7) is 0. The molecule has 0 unspecified atom stereocenters. The third-order valence-corrected chi connectivity index (χ3v) is 2.83. The van der Waals surface area contributed by atoms with Crippen LogP contribution in [0.3, 0.4) is 0 Å². The highest BCUT2D eigenvalue weighted by Gasteiger charge is 1.97. The predicted octanol–water partition coefficient (Wildman–Crippen LogP) is 2.71. The molecule has 1 aromatic carbocycles. The van der Waals surface area contributed by atoms with Gasteiger partial charge in [0.05, 0.1) is 6.20 Å². The van der Waals surface area contributed by atoms with E-state index in [0.29, 0.717) is 0 Å². The summed E-state index contributed by atoms with van der Waals surface area (Å²) in [6.07, 6.45) is 5.36. The largest absolute Gasteiger partial charge is 0.234 e. The van der Waals surface area contributed by atoms with Crippen LogP contribution in [0.25, 0.3) is 5.65 Å². The van der Waals surface area contributed by atoms with Gasteiger partial charge in [-0.05, 0) is 18.2 Å². The van der Waals surface area contributed by atoms with Crippen molar-refractivity contribution in [3.8, 4) is 11.8 Å². The third kappa shape index (κ3) is 2.80. The minimum atomic E-state index is 0.812. The van der Waals surface area contributed by atoms with E-state index in [9.17, 15) is 0 Å². The Labute approximate surface area is 111 Å². The Bertz CT molecular complexity index is 733. The molecule has 0 amide bonds. The molecule has 3 heteroatoms. The first-order valence-electron chi connectivity index (χ1n) is 6.25. The van der Waals surface area contributed by atoms with Gasteiger partial charge in [0.1, 0.15) is 0 Å². The molecule has 0 aliphatic rings. The molecule has 0 radical (unpaired) electrons. The molecule has 2 heterocycles. The summed E-state index contributed by atoms with van der Waals surface area (Å²) < 4.78 is 1.76. The second-order valence-corrected chi connectivity index (χ2v) is 4.22. The smallest absolute Gasteiger partial charge is 0.155 e. The molecule has 0 saturated carbocycles. The van der Waals surface area contributed by atoms with Crippen molar-refractivity contribution in [1.82, 2.24) is 14.6 Å². The summed E-state index contributed by atoms with van der Waals surface area (Å²) in [5.74, 6) is 6.33. The Morgan fingerprint density at radius 2 is 1.95 bits per heavy atom. The number of nitrogens with zero attached hydrogens (tertiary/aromatic N) is 3. The van der Waals surface area contributed by atoms with Gasteiger partial charge in [-0.15, -0.1) is 0 Å². The highest BCUT2D eigenvalue weighted by atomic mass is 15.2.